The average Bonchev–Trinajstić information content (AvgIpc) is 3.11. The van der Waals surface area contributed by atoms with Gasteiger partial charge in [0.1, 0.15) is 23.0 Å². The highest BCUT2D eigenvalue weighted by molar-refractivity contribution is 5.93. The van der Waals surface area contributed by atoms with Crippen LogP contribution in [0.4, 0.5) is 0 Å². The first-order valence-electron chi connectivity index (χ1n) is 8.58. The van der Waals surface area contributed by atoms with Gasteiger partial charge in [-0.2, -0.15) is 5.26 Å². The number of rotatable bonds is 5. The molecule has 2 N–H and O–H groups in total. The summed E-state index contributed by atoms with van der Waals surface area (Å²) in [7, 11) is 1.46. The van der Waals surface area contributed by atoms with Crippen molar-refractivity contribution in [3.05, 3.63) is 65.2 Å². The molecule has 28 heavy (non-hydrogen) atoms. The molecule has 1 atom stereocenters. The number of aliphatic hydroxyl groups is 1. The average molecular weight is 377 g/mol. The van der Waals surface area contributed by atoms with E-state index in [2.05, 4.69) is 9.97 Å². The number of nitriles is 1. The number of esters is 1. The summed E-state index contributed by atoms with van der Waals surface area (Å²) >= 11 is 0. The number of aryl methyl sites for hydroxylation is 1. The van der Waals surface area contributed by atoms with Gasteiger partial charge in [0.15, 0.2) is 17.7 Å². The van der Waals surface area contributed by atoms with Crippen LogP contribution in [0.3, 0.4) is 0 Å². The van der Waals surface area contributed by atoms with Crippen molar-refractivity contribution in [1.29, 1.82) is 5.26 Å². The third-order valence-electron chi connectivity index (χ3n) is 4.24. The third kappa shape index (κ3) is 3.67. The van der Waals surface area contributed by atoms with Gasteiger partial charge in [0.05, 0.1) is 18.1 Å². The summed E-state index contributed by atoms with van der Waals surface area (Å²) in [4.78, 5) is 19.8. The molecular weight excluding hydrogens is 358 g/mol. The van der Waals surface area contributed by atoms with E-state index in [9.17, 15) is 15.2 Å². The van der Waals surface area contributed by atoms with Gasteiger partial charge in [-0.3, -0.25) is 0 Å². The van der Waals surface area contributed by atoms with Crippen LogP contribution >= 0.6 is 0 Å². The van der Waals surface area contributed by atoms with Gasteiger partial charge in [-0.15, -0.1) is 0 Å². The smallest absolute Gasteiger partial charge is 0.342 e. The van der Waals surface area contributed by atoms with Crippen LogP contribution in [0, 0.1) is 18.3 Å². The molecule has 142 valence electrons. The number of imidazole rings is 1. The van der Waals surface area contributed by atoms with Crippen molar-refractivity contribution in [3.63, 3.8) is 0 Å². The second kappa shape index (κ2) is 7.84. The van der Waals surface area contributed by atoms with E-state index in [-0.39, 0.29) is 22.7 Å². The molecule has 3 aromatic rings. The van der Waals surface area contributed by atoms with Crippen LogP contribution in [0.1, 0.15) is 28.7 Å². The number of aromatic amines is 1. The van der Waals surface area contributed by atoms with Crippen molar-refractivity contribution in [3.8, 4) is 11.8 Å². The van der Waals surface area contributed by atoms with Crippen LogP contribution in [0.15, 0.2) is 48.2 Å². The van der Waals surface area contributed by atoms with Crippen molar-refractivity contribution >= 4 is 22.6 Å². The lowest BCUT2D eigenvalue weighted by Gasteiger charge is -2.15. The normalized spacial score (nSPS) is 12.8. The van der Waals surface area contributed by atoms with Gasteiger partial charge < -0.3 is 19.6 Å². The van der Waals surface area contributed by atoms with Crippen LogP contribution < -0.4 is 4.74 Å². The maximum absolute atomic E-state index is 12.5. The fourth-order valence-electron chi connectivity index (χ4n) is 2.77. The number of carbonyl (C=O) groups is 1. The molecule has 1 aromatic heterocycles. The molecule has 7 heteroatoms. The number of aliphatic hydroxyl groups excluding tert-OH is 1. The third-order valence-corrected chi connectivity index (χ3v) is 4.24. The second-order valence-electron chi connectivity index (χ2n) is 6.23. The number of nitrogens with one attached hydrogen (secondary N) is 1. The highest BCUT2D eigenvalue weighted by Gasteiger charge is 2.23. The van der Waals surface area contributed by atoms with Gasteiger partial charge >= 0.3 is 5.97 Å². The largest absolute Gasteiger partial charge is 0.507 e. The molecule has 1 heterocycles. The fraction of sp³-hybridized carbons (Fsp3) is 0.190. The van der Waals surface area contributed by atoms with E-state index in [1.165, 1.54) is 14.0 Å². The van der Waals surface area contributed by atoms with E-state index >= 15 is 0 Å². The maximum Gasteiger partial charge on any atom is 0.342 e. The van der Waals surface area contributed by atoms with Crippen molar-refractivity contribution in [2.45, 2.75) is 20.0 Å². The zero-order chi connectivity index (χ0) is 20.3. The number of para-hydroxylation sites is 2. The van der Waals surface area contributed by atoms with Crippen molar-refractivity contribution in [2.75, 3.05) is 7.11 Å². The number of carbonyl (C=O) groups excluding carboxylic acids is 1. The second-order valence-corrected chi connectivity index (χ2v) is 6.23. The van der Waals surface area contributed by atoms with E-state index in [1.807, 2.05) is 37.3 Å². The number of aromatic nitrogens is 2. The Labute approximate surface area is 161 Å². The molecule has 0 fully saturated rings. The predicted octanol–water partition coefficient (Wildman–Crippen LogP) is 3.92. The highest BCUT2D eigenvalue weighted by Crippen LogP contribution is 2.24. The first kappa shape index (κ1) is 19.0. The lowest BCUT2D eigenvalue weighted by atomic mass is 10.1. The molecule has 0 amide bonds. The Bertz CT molecular complexity index is 1080. The lowest BCUT2D eigenvalue weighted by molar-refractivity contribution is 0.0330. The van der Waals surface area contributed by atoms with Gasteiger partial charge in [-0.05, 0) is 38.1 Å². The molecule has 0 radical (unpaired) electrons. The van der Waals surface area contributed by atoms with Gasteiger partial charge in [-0.25, -0.2) is 9.78 Å². The zero-order valence-corrected chi connectivity index (χ0v) is 15.7. The number of hydrogen-bond donors (Lipinski definition) is 2. The van der Waals surface area contributed by atoms with Crippen LogP contribution in [0.25, 0.3) is 16.6 Å². The highest BCUT2D eigenvalue weighted by atomic mass is 16.6. The Balaban J connectivity index is 1.89. The lowest BCUT2D eigenvalue weighted by Crippen LogP contribution is -2.19. The Morgan fingerprint density at radius 2 is 2.04 bits per heavy atom. The summed E-state index contributed by atoms with van der Waals surface area (Å²) in [5, 5.41) is 20.0. The predicted molar refractivity (Wildman–Crippen MR) is 104 cm³/mol. The molecule has 0 aliphatic carbocycles. The molecule has 0 saturated carbocycles. The molecule has 2 aromatic carbocycles. The number of hydrogen-bond acceptors (Lipinski definition) is 6. The SMILES string of the molecule is COc1ccc(C)cc1C(=O)O[C@H](C)/C(O)=C(\C#N)c1nc2ccccc2[nH]1. The minimum Gasteiger partial charge on any atom is -0.507 e. The van der Waals surface area contributed by atoms with Crippen LogP contribution in [-0.4, -0.2) is 34.3 Å². The van der Waals surface area contributed by atoms with Gasteiger partial charge in [0.2, 0.25) is 0 Å². The first-order chi connectivity index (χ1) is 13.4. The van der Waals surface area contributed by atoms with E-state index < -0.39 is 12.1 Å². The Kier molecular flexibility index (Phi) is 5.32. The number of fused-ring (bicyclic) bond motifs is 1. The van der Waals surface area contributed by atoms with Gasteiger partial charge in [0, 0.05) is 0 Å². The summed E-state index contributed by atoms with van der Waals surface area (Å²) in [5.74, 6) is -0.482. The summed E-state index contributed by atoms with van der Waals surface area (Å²) < 4.78 is 10.5. The molecule has 0 aliphatic rings. The van der Waals surface area contributed by atoms with Crippen molar-refractivity contribution < 1.29 is 19.4 Å². The Morgan fingerprint density at radius 3 is 2.71 bits per heavy atom. The molecule has 0 spiro atoms. The summed E-state index contributed by atoms with van der Waals surface area (Å²) in [5.41, 5.74) is 2.40. The van der Waals surface area contributed by atoms with Crippen molar-refractivity contribution in [2.24, 2.45) is 0 Å². The summed E-state index contributed by atoms with van der Waals surface area (Å²) in [6.45, 7) is 3.32. The Morgan fingerprint density at radius 1 is 1.29 bits per heavy atom. The van der Waals surface area contributed by atoms with Crippen molar-refractivity contribution in [1.82, 2.24) is 9.97 Å². The number of benzene rings is 2. The topological polar surface area (TPSA) is 108 Å². The van der Waals surface area contributed by atoms with Crippen LogP contribution in [-0.2, 0) is 4.74 Å². The summed E-state index contributed by atoms with van der Waals surface area (Å²) in [6, 6.07) is 14.3. The standard InChI is InChI=1S/C21H19N3O4/c1-12-8-9-18(27-3)14(10-12)21(26)28-13(2)19(25)15(11-22)20-23-16-6-4-5-7-17(16)24-20/h4-10,13,25H,1-3H3,(H,23,24)/b19-15-/t13-/m1/s1. The molecule has 7 nitrogen and oxygen atoms in total. The molecule has 0 saturated heterocycles. The quantitative estimate of drug-likeness (QED) is 0.396. The molecule has 3 rings (SSSR count). The minimum atomic E-state index is -1.06. The van der Waals surface area contributed by atoms with E-state index in [0.717, 1.165) is 11.1 Å². The molecule has 0 unspecified atom stereocenters. The van der Waals surface area contributed by atoms with Gasteiger partial charge in [-0.1, -0.05) is 23.8 Å². The van der Waals surface area contributed by atoms with E-state index in [4.69, 9.17) is 9.47 Å². The number of H-pyrrole nitrogens is 1. The number of ether oxygens (including phenoxy) is 2. The van der Waals surface area contributed by atoms with E-state index in [1.54, 1.807) is 18.2 Å². The Hall–Kier alpha value is -3.79. The zero-order valence-electron chi connectivity index (χ0n) is 15.7. The number of nitrogens with zero attached hydrogens (tertiary/aromatic N) is 2. The molecular formula is C21H19N3O4. The van der Waals surface area contributed by atoms with Gasteiger partial charge in [0.25, 0.3) is 0 Å². The maximum atomic E-state index is 12.5. The van der Waals surface area contributed by atoms with Crippen LogP contribution in [0.5, 0.6) is 5.75 Å². The molecule has 0 bridgehead atoms. The fourth-order valence-corrected chi connectivity index (χ4v) is 2.77. The first-order valence-corrected chi connectivity index (χ1v) is 8.58. The molecule has 0 aliphatic heterocycles. The summed E-state index contributed by atoms with van der Waals surface area (Å²) in [6.07, 6.45) is -1.06. The number of methoxy groups -OCH3 is 1. The number of allylic oxidation sites excluding steroid dienone is 1. The van der Waals surface area contributed by atoms with E-state index in [0.29, 0.717) is 11.3 Å². The monoisotopic (exact) mass is 377 g/mol. The minimum absolute atomic E-state index is 0.0901. The van der Waals surface area contributed by atoms with Crippen LogP contribution in [0.2, 0.25) is 0 Å².